The van der Waals surface area contributed by atoms with Crippen LogP contribution in [-0.4, -0.2) is 38.1 Å². The van der Waals surface area contributed by atoms with Gasteiger partial charge >= 0.3 is 0 Å². The number of aromatic nitrogens is 4. The highest BCUT2D eigenvalue weighted by atomic mass is 32.2. The number of anilines is 1. The summed E-state index contributed by atoms with van der Waals surface area (Å²) >= 11 is 1.27. The van der Waals surface area contributed by atoms with Crippen molar-refractivity contribution in [3.8, 4) is 11.4 Å². The lowest BCUT2D eigenvalue weighted by atomic mass is 10.2. The topological polar surface area (TPSA) is 74.0 Å². The Morgan fingerprint density at radius 2 is 1.94 bits per heavy atom. The average molecular weight is 452 g/mol. The van der Waals surface area contributed by atoms with Crippen molar-refractivity contribution in [1.82, 2.24) is 19.3 Å². The maximum Gasteiger partial charge on any atom is 0.234 e. The molecule has 0 spiro atoms. The summed E-state index contributed by atoms with van der Waals surface area (Å²) < 4.78 is 22.5. The molecule has 0 aliphatic heterocycles. The molecule has 2 aromatic heterocycles. The van der Waals surface area contributed by atoms with Gasteiger partial charge in [0.25, 0.3) is 0 Å². The number of aryl methyl sites for hydroxylation is 1. The number of nitrogens with zero attached hydrogens (tertiary/aromatic N) is 4. The molecule has 4 rings (SSSR count). The van der Waals surface area contributed by atoms with Gasteiger partial charge in [-0.05, 0) is 48.5 Å². The number of carbonyl (C=O) groups excluding carboxylic acids is 1. The molecule has 0 unspecified atom stereocenters. The highest BCUT2D eigenvalue weighted by Crippen LogP contribution is 2.24. The summed E-state index contributed by atoms with van der Waals surface area (Å²) in [7, 11) is 3.54. The molecule has 0 fully saturated rings. The minimum absolute atomic E-state index is 0.140. The van der Waals surface area contributed by atoms with E-state index in [1.54, 1.807) is 31.4 Å². The molecule has 4 aromatic rings. The van der Waals surface area contributed by atoms with Crippen molar-refractivity contribution in [3.05, 3.63) is 84.2 Å². The molecule has 9 heteroatoms. The van der Waals surface area contributed by atoms with Crippen molar-refractivity contribution in [2.75, 3.05) is 18.2 Å². The Kier molecular flexibility index (Phi) is 6.55. The number of amides is 1. The minimum Gasteiger partial charge on any atom is -0.497 e. The van der Waals surface area contributed by atoms with Gasteiger partial charge in [-0.2, -0.15) is 0 Å². The van der Waals surface area contributed by atoms with E-state index in [0.29, 0.717) is 28.8 Å². The fourth-order valence-electron chi connectivity index (χ4n) is 3.23. The van der Waals surface area contributed by atoms with Crippen LogP contribution < -0.4 is 10.1 Å². The number of methoxy groups -OCH3 is 1. The summed E-state index contributed by atoms with van der Waals surface area (Å²) in [5, 5.41) is 12.1. The van der Waals surface area contributed by atoms with E-state index in [9.17, 15) is 9.18 Å². The Morgan fingerprint density at radius 1 is 1.12 bits per heavy atom. The van der Waals surface area contributed by atoms with E-state index in [0.717, 1.165) is 11.4 Å². The summed E-state index contributed by atoms with van der Waals surface area (Å²) in [6.45, 7) is 0. The maximum atomic E-state index is 13.5. The third-order valence-corrected chi connectivity index (χ3v) is 5.79. The molecular weight excluding hydrogens is 429 g/mol. The number of ether oxygens (including phenoxy) is 1. The number of thioether (sulfide) groups is 1. The van der Waals surface area contributed by atoms with Gasteiger partial charge in [-0.25, -0.2) is 4.39 Å². The van der Waals surface area contributed by atoms with E-state index >= 15 is 0 Å². The van der Waals surface area contributed by atoms with Gasteiger partial charge in [0, 0.05) is 42.8 Å². The molecule has 0 saturated heterocycles. The number of halogens is 1. The zero-order valence-electron chi connectivity index (χ0n) is 17.7. The number of benzene rings is 2. The van der Waals surface area contributed by atoms with Gasteiger partial charge in [0.05, 0.1) is 12.9 Å². The van der Waals surface area contributed by atoms with E-state index in [-0.39, 0.29) is 17.5 Å². The van der Waals surface area contributed by atoms with E-state index in [1.165, 1.54) is 23.9 Å². The molecule has 1 amide bonds. The van der Waals surface area contributed by atoms with Crippen LogP contribution in [0.5, 0.6) is 5.75 Å². The first-order valence-electron chi connectivity index (χ1n) is 9.90. The van der Waals surface area contributed by atoms with Gasteiger partial charge in [0.1, 0.15) is 17.4 Å². The van der Waals surface area contributed by atoms with Gasteiger partial charge in [-0.3, -0.25) is 9.36 Å². The van der Waals surface area contributed by atoms with Crippen LogP contribution in [0.1, 0.15) is 11.5 Å². The van der Waals surface area contributed by atoms with Crippen molar-refractivity contribution in [3.63, 3.8) is 0 Å². The van der Waals surface area contributed by atoms with Crippen LogP contribution >= 0.6 is 11.8 Å². The molecule has 0 bridgehead atoms. The third-order valence-electron chi connectivity index (χ3n) is 4.86. The number of hydrogen-bond acceptors (Lipinski definition) is 5. The zero-order valence-corrected chi connectivity index (χ0v) is 18.5. The van der Waals surface area contributed by atoms with E-state index in [4.69, 9.17) is 4.74 Å². The number of hydrogen-bond donors (Lipinski definition) is 1. The average Bonchev–Trinajstić information content (AvgIpc) is 3.39. The van der Waals surface area contributed by atoms with Gasteiger partial charge in [-0.15, -0.1) is 10.2 Å². The molecule has 2 aromatic carbocycles. The number of nitrogens with one attached hydrogen (secondary N) is 1. The van der Waals surface area contributed by atoms with Crippen molar-refractivity contribution in [1.29, 1.82) is 0 Å². The van der Waals surface area contributed by atoms with Crippen LogP contribution in [0.3, 0.4) is 0 Å². The Labute approximate surface area is 189 Å². The fourth-order valence-corrected chi connectivity index (χ4v) is 4.00. The van der Waals surface area contributed by atoms with Crippen LogP contribution in [0.2, 0.25) is 0 Å². The molecule has 2 heterocycles. The first kappa shape index (κ1) is 21.6. The fraction of sp³-hybridized carbons (Fsp3) is 0.174. The smallest absolute Gasteiger partial charge is 0.234 e. The molecule has 32 heavy (non-hydrogen) atoms. The second-order valence-corrected chi connectivity index (χ2v) is 8.01. The van der Waals surface area contributed by atoms with Crippen LogP contribution in [0, 0.1) is 5.82 Å². The normalized spacial score (nSPS) is 10.8. The summed E-state index contributed by atoms with van der Waals surface area (Å²) in [6, 6.07) is 17.3. The summed E-state index contributed by atoms with van der Waals surface area (Å²) in [6.07, 6.45) is 2.51. The Bertz CT molecular complexity index is 1220. The van der Waals surface area contributed by atoms with Gasteiger partial charge in [0.2, 0.25) is 5.91 Å². The van der Waals surface area contributed by atoms with Crippen molar-refractivity contribution < 1.29 is 13.9 Å². The Balaban J connectivity index is 1.54. The van der Waals surface area contributed by atoms with E-state index in [2.05, 4.69) is 15.5 Å². The maximum absolute atomic E-state index is 13.5. The number of rotatable bonds is 8. The zero-order chi connectivity index (χ0) is 22.5. The molecule has 0 radical (unpaired) electrons. The summed E-state index contributed by atoms with van der Waals surface area (Å²) in [5.41, 5.74) is 2.45. The van der Waals surface area contributed by atoms with Gasteiger partial charge < -0.3 is 14.6 Å². The van der Waals surface area contributed by atoms with Crippen molar-refractivity contribution in [2.45, 2.75) is 11.6 Å². The molecule has 0 aliphatic rings. The molecular formula is C23H22FN5O2S. The van der Waals surface area contributed by atoms with Crippen LogP contribution in [0.4, 0.5) is 10.1 Å². The van der Waals surface area contributed by atoms with Crippen LogP contribution in [-0.2, 0) is 18.3 Å². The molecule has 7 nitrogen and oxygen atoms in total. The van der Waals surface area contributed by atoms with Gasteiger partial charge in [0.15, 0.2) is 5.16 Å². The predicted molar refractivity (Wildman–Crippen MR) is 122 cm³/mol. The largest absolute Gasteiger partial charge is 0.497 e. The second kappa shape index (κ2) is 9.69. The standard InChI is InChI=1S/C23H22FN5O2S/c1-28-12-4-6-19(28)14-21-26-27-23(29(21)18-10-8-16(24)9-11-18)32-15-22(30)25-17-5-3-7-20(13-17)31-2/h3-13H,14-15H2,1-2H3,(H,25,30). The SMILES string of the molecule is COc1cccc(NC(=O)CSc2nnc(Cc3cccn3C)n2-c2ccc(F)cc2)c1. The molecule has 0 aliphatic carbocycles. The van der Waals surface area contributed by atoms with Gasteiger partial charge in [-0.1, -0.05) is 17.8 Å². The lowest BCUT2D eigenvalue weighted by Crippen LogP contribution is -2.14. The Morgan fingerprint density at radius 3 is 2.66 bits per heavy atom. The quantitative estimate of drug-likeness (QED) is 0.409. The number of carbonyl (C=O) groups is 1. The van der Waals surface area contributed by atoms with Crippen LogP contribution in [0.15, 0.2) is 72.0 Å². The van der Waals surface area contributed by atoms with Crippen molar-refractivity contribution >= 4 is 23.4 Å². The first-order chi connectivity index (χ1) is 15.5. The van der Waals surface area contributed by atoms with E-state index in [1.807, 2.05) is 46.6 Å². The predicted octanol–water partition coefficient (Wildman–Crippen LogP) is 4.08. The third kappa shape index (κ3) is 5.00. The molecule has 164 valence electrons. The summed E-state index contributed by atoms with van der Waals surface area (Å²) in [5.74, 6) is 1.00. The molecule has 0 saturated carbocycles. The Hall–Kier alpha value is -3.59. The highest BCUT2D eigenvalue weighted by molar-refractivity contribution is 7.99. The molecule has 1 N–H and O–H groups in total. The monoisotopic (exact) mass is 451 g/mol. The van der Waals surface area contributed by atoms with E-state index < -0.39 is 0 Å². The molecule has 0 atom stereocenters. The first-order valence-corrected chi connectivity index (χ1v) is 10.9. The van der Waals surface area contributed by atoms with Crippen LogP contribution in [0.25, 0.3) is 5.69 Å². The highest BCUT2D eigenvalue weighted by Gasteiger charge is 2.17. The van der Waals surface area contributed by atoms with Crippen molar-refractivity contribution in [2.24, 2.45) is 7.05 Å². The lowest BCUT2D eigenvalue weighted by molar-refractivity contribution is -0.113. The second-order valence-electron chi connectivity index (χ2n) is 7.07. The minimum atomic E-state index is -0.322. The lowest BCUT2D eigenvalue weighted by Gasteiger charge is -2.11. The summed E-state index contributed by atoms with van der Waals surface area (Å²) in [4.78, 5) is 12.5.